The van der Waals surface area contributed by atoms with E-state index in [1.807, 2.05) is 30.3 Å². The van der Waals surface area contributed by atoms with Crippen LogP contribution in [0.5, 0.6) is 0 Å². The summed E-state index contributed by atoms with van der Waals surface area (Å²) in [5.41, 5.74) is 1.16. The van der Waals surface area contributed by atoms with Crippen LogP contribution in [-0.2, 0) is 6.54 Å². The molecule has 2 aliphatic carbocycles. The maximum absolute atomic E-state index is 12.0. The molecule has 100 valence electrons. The first-order chi connectivity index (χ1) is 9.81. The average Bonchev–Trinajstić information content (AvgIpc) is 3.17. The second kappa shape index (κ2) is 4.26. The van der Waals surface area contributed by atoms with Gasteiger partial charge in [-0.3, -0.25) is 4.57 Å². The molecular weight excluding hydrogens is 256 g/mol. The van der Waals surface area contributed by atoms with Gasteiger partial charge in [-0.25, -0.2) is 4.79 Å². The van der Waals surface area contributed by atoms with E-state index in [1.165, 1.54) is 0 Å². The summed E-state index contributed by atoms with van der Waals surface area (Å²) in [7, 11) is 0. The smallest absolute Gasteiger partial charge is 0.339 e. The summed E-state index contributed by atoms with van der Waals surface area (Å²) in [5.74, 6) is 1.62. The zero-order valence-corrected chi connectivity index (χ0v) is 10.7. The van der Waals surface area contributed by atoms with Gasteiger partial charge < -0.3 is 4.52 Å². The molecule has 1 aliphatic heterocycles. The molecule has 2 heterocycles. The minimum Gasteiger partial charge on any atom is -0.339 e. The predicted octanol–water partition coefficient (Wildman–Crippen LogP) is 1.66. The van der Waals surface area contributed by atoms with E-state index in [-0.39, 0.29) is 12.2 Å². The van der Waals surface area contributed by atoms with Gasteiger partial charge in [-0.2, -0.15) is 9.97 Å². The zero-order valence-electron chi connectivity index (χ0n) is 10.7. The highest BCUT2D eigenvalue weighted by Gasteiger charge is 2.29. The van der Waals surface area contributed by atoms with Crippen LogP contribution in [0.3, 0.4) is 0 Å². The van der Waals surface area contributed by atoms with Crippen molar-refractivity contribution < 1.29 is 4.52 Å². The Morgan fingerprint density at radius 3 is 2.90 bits per heavy atom. The van der Waals surface area contributed by atoms with Gasteiger partial charge in [-0.15, -0.1) is 0 Å². The highest BCUT2D eigenvalue weighted by atomic mass is 16.5. The van der Waals surface area contributed by atoms with Crippen LogP contribution in [0.1, 0.15) is 30.5 Å². The van der Waals surface area contributed by atoms with E-state index in [0.717, 1.165) is 18.5 Å². The molecule has 1 aromatic rings. The highest BCUT2D eigenvalue weighted by molar-refractivity contribution is 5.55. The molecule has 0 unspecified atom stereocenters. The molecular formula is C14H12N4O2. The van der Waals surface area contributed by atoms with E-state index >= 15 is 0 Å². The standard InChI is InChI=1S/C14H12N4O2/c19-14-15-10-4-2-1-3-5-11(10)18(14)8-12-16-13(20-17-12)9-6-7-9/h1-5,9H,6-8H2. The molecule has 6 nitrogen and oxygen atoms in total. The largest absolute Gasteiger partial charge is 0.349 e. The van der Waals surface area contributed by atoms with Crippen LogP contribution in [0, 0.1) is 0 Å². The topological polar surface area (TPSA) is 73.8 Å². The van der Waals surface area contributed by atoms with Crippen LogP contribution in [0.25, 0.3) is 11.4 Å². The molecule has 4 rings (SSSR count). The number of nitrogens with zero attached hydrogens (tertiary/aromatic N) is 4. The van der Waals surface area contributed by atoms with Crippen molar-refractivity contribution in [1.82, 2.24) is 19.7 Å². The molecule has 1 aromatic heterocycles. The first kappa shape index (κ1) is 11.3. The number of aromatic nitrogens is 4. The fourth-order valence-electron chi connectivity index (χ4n) is 2.24. The first-order valence-corrected chi connectivity index (χ1v) is 6.59. The Hall–Kier alpha value is -2.50. The number of hydrogen-bond donors (Lipinski definition) is 0. The fraction of sp³-hybridized carbons (Fsp3) is 0.286. The molecule has 0 N–H and O–H groups in total. The summed E-state index contributed by atoms with van der Waals surface area (Å²) in [5, 5.41) is 3.94. The lowest BCUT2D eigenvalue weighted by Crippen LogP contribution is -2.18. The number of fused-ring (bicyclic) bond motifs is 1. The number of imidazole rings is 1. The van der Waals surface area contributed by atoms with Crippen molar-refractivity contribution in [3.8, 4) is 11.4 Å². The Morgan fingerprint density at radius 2 is 2.05 bits per heavy atom. The molecule has 0 atom stereocenters. The minimum absolute atomic E-state index is 0.287. The Bertz CT molecular complexity index is 788. The molecule has 1 fully saturated rings. The summed E-state index contributed by atoms with van der Waals surface area (Å²) >= 11 is 0. The quantitative estimate of drug-likeness (QED) is 0.722. The molecule has 0 amide bonds. The van der Waals surface area contributed by atoms with Gasteiger partial charge >= 0.3 is 5.69 Å². The van der Waals surface area contributed by atoms with Gasteiger partial charge in [0, 0.05) is 5.92 Å². The van der Waals surface area contributed by atoms with E-state index in [9.17, 15) is 4.79 Å². The molecule has 20 heavy (non-hydrogen) atoms. The minimum atomic E-state index is -0.288. The van der Waals surface area contributed by atoms with Crippen LogP contribution in [0.2, 0.25) is 0 Å². The normalized spacial score (nSPS) is 14.8. The summed E-state index contributed by atoms with van der Waals surface area (Å²) in [6.07, 6.45) is 2.22. The Kier molecular flexibility index (Phi) is 2.42. The maximum Gasteiger partial charge on any atom is 0.349 e. The summed E-state index contributed by atoms with van der Waals surface area (Å²) < 4.78 is 6.78. The van der Waals surface area contributed by atoms with Gasteiger partial charge in [-0.1, -0.05) is 23.4 Å². The maximum atomic E-state index is 12.0. The lowest BCUT2D eigenvalue weighted by Gasteiger charge is -1.99. The third-order valence-corrected chi connectivity index (χ3v) is 3.44. The SMILES string of the molecule is O=c1nc2cccccc-2n1Cc1noc(C2CC2)n1. The van der Waals surface area contributed by atoms with Gasteiger partial charge in [0.1, 0.15) is 0 Å². The second-order valence-electron chi connectivity index (χ2n) is 4.98. The summed E-state index contributed by atoms with van der Waals surface area (Å²) in [6, 6.07) is 9.32. The van der Waals surface area contributed by atoms with Crippen LogP contribution in [-0.4, -0.2) is 19.7 Å². The van der Waals surface area contributed by atoms with E-state index in [2.05, 4.69) is 15.1 Å². The Balaban J connectivity index is 1.72. The van der Waals surface area contributed by atoms with E-state index in [0.29, 0.717) is 23.3 Å². The van der Waals surface area contributed by atoms with Crippen LogP contribution >= 0.6 is 0 Å². The van der Waals surface area contributed by atoms with E-state index < -0.39 is 0 Å². The van der Waals surface area contributed by atoms with Crippen molar-refractivity contribution in [2.24, 2.45) is 0 Å². The molecule has 3 aliphatic rings. The molecule has 0 aromatic carbocycles. The highest BCUT2D eigenvalue weighted by Crippen LogP contribution is 2.38. The van der Waals surface area contributed by atoms with Crippen LogP contribution in [0.15, 0.2) is 39.6 Å². The fourth-order valence-corrected chi connectivity index (χ4v) is 2.24. The van der Waals surface area contributed by atoms with Crippen molar-refractivity contribution in [3.05, 3.63) is 52.5 Å². The molecule has 0 spiro atoms. The van der Waals surface area contributed by atoms with Gasteiger partial charge in [-0.05, 0) is 25.0 Å². The van der Waals surface area contributed by atoms with Crippen molar-refractivity contribution in [1.29, 1.82) is 0 Å². The number of rotatable bonds is 3. The van der Waals surface area contributed by atoms with E-state index in [1.54, 1.807) is 4.57 Å². The second-order valence-corrected chi connectivity index (χ2v) is 4.98. The molecule has 0 radical (unpaired) electrons. The molecule has 0 bridgehead atoms. The van der Waals surface area contributed by atoms with Gasteiger partial charge in [0.15, 0.2) is 5.82 Å². The van der Waals surface area contributed by atoms with Gasteiger partial charge in [0.2, 0.25) is 5.89 Å². The lowest BCUT2D eigenvalue weighted by molar-refractivity contribution is 0.373. The van der Waals surface area contributed by atoms with Crippen LogP contribution in [0.4, 0.5) is 0 Å². The molecule has 0 saturated heterocycles. The van der Waals surface area contributed by atoms with E-state index in [4.69, 9.17) is 4.52 Å². The van der Waals surface area contributed by atoms with Gasteiger partial charge in [0.25, 0.3) is 0 Å². The van der Waals surface area contributed by atoms with Crippen molar-refractivity contribution >= 4 is 0 Å². The molecule has 6 heteroatoms. The average molecular weight is 268 g/mol. The van der Waals surface area contributed by atoms with Gasteiger partial charge in [0.05, 0.1) is 17.9 Å². The Labute approximate surface area is 114 Å². The lowest BCUT2D eigenvalue weighted by atomic mass is 10.3. The third-order valence-electron chi connectivity index (χ3n) is 3.44. The molecule has 1 saturated carbocycles. The summed E-state index contributed by atoms with van der Waals surface area (Å²) in [6.45, 7) is 0.287. The third kappa shape index (κ3) is 1.89. The number of hydrogen-bond acceptors (Lipinski definition) is 5. The van der Waals surface area contributed by atoms with Crippen LogP contribution < -0.4 is 5.69 Å². The predicted molar refractivity (Wildman–Crippen MR) is 70.5 cm³/mol. The van der Waals surface area contributed by atoms with Crippen molar-refractivity contribution in [3.63, 3.8) is 0 Å². The summed E-state index contributed by atoms with van der Waals surface area (Å²) in [4.78, 5) is 20.3. The Morgan fingerprint density at radius 1 is 1.20 bits per heavy atom. The monoisotopic (exact) mass is 268 g/mol. The van der Waals surface area contributed by atoms with Crippen molar-refractivity contribution in [2.75, 3.05) is 0 Å². The first-order valence-electron chi connectivity index (χ1n) is 6.59. The zero-order chi connectivity index (χ0) is 13.5. The van der Waals surface area contributed by atoms with Crippen molar-refractivity contribution in [2.45, 2.75) is 25.3 Å².